The Morgan fingerprint density at radius 3 is 2.33 bits per heavy atom. The van der Waals surface area contributed by atoms with Crippen LogP contribution in [-0.2, 0) is 4.84 Å². The molecule has 4 saturated carbocycles. The normalized spacial score (nSPS) is 51.8. The lowest BCUT2D eigenvalue weighted by Gasteiger charge is -2.57. The molecule has 0 heterocycles. The highest BCUT2D eigenvalue weighted by Gasteiger charge is 2.60. The summed E-state index contributed by atoms with van der Waals surface area (Å²) in [5.41, 5.74) is 3.87. The van der Waals surface area contributed by atoms with Crippen molar-refractivity contribution in [3.05, 3.63) is 10.1 Å². The fourth-order valence-corrected chi connectivity index (χ4v) is 4.63. The molecule has 0 aromatic carbocycles. The lowest BCUT2D eigenvalue weighted by atomic mass is 9.51. The highest BCUT2D eigenvalue weighted by atomic mass is 17.0. The number of quaternary nitrogens is 1. The van der Waals surface area contributed by atoms with Crippen LogP contribution in [0, 0.1) is 22.0 Å². The van der Waals surface area contributed by atoms with E-state index in [1.807, 2.05) is 0 Å². The molecule has 0 spiro atoms. The number of hydrogen-bond acceptors (Lipinski definition) is 3. The summed E-state index contributed by atoms with van der Waals surface area (Å²) < 4.78 is 0. The van der Waals surface area contributed by atoms with Gasteiger partial charge in [-0.2, -0.15) is 0 Å². The van der Waals surface area contributed by atoms with Crippen molar-refractivity contribution in [3.63, 3.8) is 0 Å². The van der Waals surface area contributed by atoms with Gasteiger partial charge in [0.15, 0.2) is 0 Å². The van der Waals surface area contributed by atoms with Gasteiger partial charge in [0, 0.05) is 19.3 Å². The van der Waals surface area contributed by atoms with Crippen LogP contribution in [-0.4, -0.2) is 16.2 Å². The summed E-state index contributed by atoms with van der Waals surface area (Å²) in [7, 11) is 0. The Labute approximate surface area is 88.1 Å². The van der Waals surface area contributed by atoms with Crippen molar-refractivity contribution >= 4 is 0 Å². The topological polar surface area (TPSA) is 80.0 Å². The Morgan fingerprint density at radius 1 is 1.27 bits per heavy atom. The van der Waals surface area contributed by atoms with E-state index in [0.717, 1.165) is 32.1 Å². The van der Waals surface area contributed by atoms with Gasteiger partial charge in [0.2, 0.25) is 0 Å². The van der Waals surface area contributed by atoms with Crippen LogP contribution in [0.15, 0.2) is 0 Å². The van der Waals surface area contributed by atoms with E-state index in [4.69, 9.17) is 4.84 Å². The zero-order chi connectivity index (χ0) is 10.7. The van der Waals surface area contributed by atoms with Crippen LogP contribution in [0.1, 0.15) is 38.5 Å². The Kier molecular flexibility index (Phi) is 1.65. The molecule has 2 unspecified atom stereocenters. The van der Waals surface area contributed by atoms with Gasteiger partial charge in [-0.15, -0.1) is 10.1 Å². The molecule has 4 aliphatic rings. The maximum absolute atomic E-state index is 10.6. The fourth-order valence-electron chi connectivity index (χ4n) is 4.63. The van der Waals surface area contributed by atoms with Gasteiger partial charge in [0.25, 0.3) is 5.09 Å². The van der Waals surface area contributed by atoms with Crippen LogP contribution in [0.2, 0.25) is 0 Å². The molecule has 0 saturated heterocycles. The first-order valence-corrected chi connectivity index (χ1v) is 5.68. The van der Waals surface area contributed by atoms with Crippen LogP contribution in [0.3, 0.4) is 0 Å². The van der Waals surface area contributed by atoms with Crippen LogP contribution < -0.4 is 5.73 Å². The molecule has 0 aromatic rings. The molecule has 4 atom stereocenters. The second-order valence-corrected chi connectivity index (χ2v) is 5.96. The third-order valence-corrected chi connectivity index (χ3v) is 4.40. The summed E-state index contributed by atoms with van der Waals surface area (Å²) in [6.45, 7) is 0. The molecule has 0 aromatic heterocycles. The Balaban J connectivity index is 1.89. The molecule has 4 rings (SSSR count). The molecular formula is C10H17N2O3+. The minimum Gasteiger partial charge on any atom is -0.353 e. The van der Waals surface area contributed by atoms with Crippen LogP contribution in [0.4, 0.5) is 0 Å². The van der Waals surface area contributed by atoms with E-state index in [-0.39, 0.29) is 5.54 Å². The molecule has 84 valence electrons. The monoisotopic (exact) mass is 213 g/mol. The number of nitrogens with zero attached hydrogens (tertiary/aromatic N) is 1. The van der Waals surface area contributed by atoms with Gasteiger partial charge in [-0.25, -0.2) is 0 Å². The molecule has 3 N–H and O–H groups in total. The third-order valence-electron chi connectivity index (χ3n) is 4.40. The highest BCUT2D eigenvalue weighted by molar-refractivity contribution is 5.08. The molecule has 0 radical (unpaired) electrons. The highest BCUT2D eigenvalue weighted by Crippen LogP contribution is 2.57. The number of hydrogen-bond donors (Lipinski definition) is 1. The van der Waals surface area contributed by atoms with Crippen molar-refractivity contribution in [2.24, 2.45) is 11.8 Å². The van der Waals surface area contributed by atoms with Crippen molar-refractivity contribution in [1.29, 1.82) is 0 Å². The van der Waals surface area contributed by atoms with E-state index in [1.165, 1.54) is 6.42 Å². The van der Waals surface area contributed by atoms with Crippen LogP contribution in [0.25, 0.3) is 0 Å². The van der Waals surface area contributed by atoms with E-state index in [0.29, 0.717) is 11.8 Å². The first-order chi connectivity index (χ1) is 6.99. The van der Waals surface area contributed by atoms with Gasteiger partial charge in [0.1, 0.15) is 5.60 Å². The van der Waals surface area contributed by atoms with Crippen molar-refractivity contribution in [2.75, 3.05) is 0 Å². The smallest absolute Gasteiger partial charge is 0.295 e. The quantitative estimate of drug-likeness (QED) is 0.536. The summed E-state index contributed by atoms with van der Waals surface area (Å²) in [4.78, 5) is 15.5. The van der Waals surface area contributed by atoms with Crippen LogP contribution in [0.5, 0.6) is 0 Å². The van der Waals surface area contributed by atoms with Gasteiger partial charge in [-0.3, -0.25) is 0 Å². The van der Waals surface area contributed by atoms with E-state index in [1.54, 1.807) is 0 Å². The predicted molar refractivity (Wildman–Crippen MR) is 51.1 cm³/mol. The van der Waals surface area contributed by atoms with E-state index in [9.17, 15) is 10.1 Å². The second-order valence-electron chi connectivity index (χ2n) is 5.96. The summed E-state index contributed by atoms with van der Waals surface area (Å²) in [5.74, 6) is 1.23. The van der Waals surface area contributed by atoms with Gasteiger partial charge < -0.3 is 10.6 Å². The van der Waals surface area contributed by atoms with E-state index >= 15 is 0 Å². The summed E-state index contributed by atoms with van der Waals surface area (Å²) in [6.07, 6.45) is 6.07. The van der Waals surface area contributed by atoms with Gasteiger partial charge in [0.05, 0.1) is 5.54 Å². The van der Waals surface area contributed by atoms with E-state index < -0.39 is 10.7 Å². The van der Waals surface area contributed by atoms with Crippen molar-refractivity contribution in [2.45, 2.75) is 49.7 Å². The van der Waals surface area contributed by atoms with Crippen molar-refractivity contribution < 1.29 is 15.7 Å². The lowest BCUT2D eigenvalue weighted by molar-refractivity contribution is -0.787. The minimum atomic E-state index is -0.601. The fraction of sp³-hybridized carbons (Fsp3) is 1.00. The zero-order valence-corrected chi connectivity index (χ0v) is 8.78. The maximum atomic E-state index is 10.6. The molecular weight excluding hydrogens is 196 g/mol. The maximum Gasteiger partial charge on any atom is 0.295 e. The first kappa shape index (κ1) is 9.39. The molecule has 0 amide bonds. The first-order valence-electron chi connectivity index (χ1n) is 5.68. The Morgan fingerprint density at radius 2 is 1.87 bits per heavy atom. The minimum absolute atomic E-state index is 0.0695. The average Bonchev–Trinajstić information content (AvgIpc) is 1.94. The predicted octanol–water partition coefficient (Wildman–Crippen LogP) is 0.528. The Bertz CT molecular complexity index is 304. The van der Waals surface area contributed by atoms with Crippen molar-refractivity contribution in [3.8, 4) is 0 Å². The summed E-state index contributed by atoms with van der Waals surface area (Å²) in [6, 6.07) is 0. The Hall–Kier alpha value is -0.840. The lowest BCUT2D eigenvalue weighted by Crippen LogP contribution is -2.80. The van der Waals surface area contributed by atoms with Crippen molar-refractivity contribution in [1.82, 2.24) is 0 Å². The van der Waals surface area contributed by atoms with Gasteiger partial charge in [-0.1, -0.05) is 0 Å². The molecule has 4 aliphatic carbocycles. The van der Waals surface area contributed by atoms with Crippen LogP contribution >= 0.6 is 0 Å². The molecule has 4 bridgehead atoms. The second kappa shape index (κ2) is 2.64. The third kappa shape index (κ3) is 1.40. The summed E-state index contributed by atoms with van der Waals surface area (Å²) >= 11 is 0. The van der Waals surface area contributed by atoms with Gasteiger partial charge >= 0.3 is 0 Å². The molecule has 5 heteroatoms. The van der Waals surface area contributed by atoms with Gasteiger partial charge in [-0.05, 0) is 31.1 Å². The average molecular weight is 213 g/mol. The largest absolute Gasteiger partial charge is 0.353 e. The molecule has 15 heavy (non-hydrogen) atoms. The summed E-state index contributed by atoms with van der Waals surface area (Å²) in [5, 5.41) is 9.95. The van der Waals surface area contributed by atoms with E-state index in [2.05, 4.69) is 5.73 Å². The molecule has 0 aliphatic heterocycles. The number of rotatable bonds is 2. The SMILES string of the molecule is [NH3+]C12C[C@H]3C[C@@H](C1)CC(O[N+](=O)[O-])(C3)C2. The molecule has 5 nitrogen and oxygen atoms in total. The molecule has 4 fully saturated rings. The zero-order valence-electron chi connectivity index (χ0n) is 8.78. The standard InChI is InChI=1S/C10H16N2O3/c11-9-2-7-1-8(3-9)5-10(4-7,6-9)15-12(13)14/h7-8H,1-6,11H2/p+1/t7-,8+,9?,10?.